The summed E-state index contributed by atoms with van der Waals surface area (Å²) in [6.45, 7) is 14.1. The van der Waals surface area contributed by atoms with Crippen LogP contribution in [0.15, 0.2) is 71.5 Å². The molecular weight excluding hydrogens is 686 g/mol. The van der Waals surface area contributed by atoms with Gasteiger partial charge in [0, 0.05) is 54.8 Å². The van der Waals surface area contributed by atoms with Crippen molar-refractivity contribution in [1.82, 2.24) is 19.9 Å². The highest BCUT2D eigenvalue weighted by Gasteiger charge is 2.18. The minimum absolute atomic E-state index is 0.228. The van der Waals surface area contributed by atoms with Crippen LogP contribution in [0.2, 0.25) is 5.02 Å². The fourth-order valence-electron chi connectivity index (χ4n) is 6.90. The van der Waals surface area contributed by atoms with E-state index in [-0.39, 0.29) is 6.61 Å². The number of hydrogen-bond donors (Lipinski definition) is 0. The summed E-state index contributed by atoms with van der Waals surface area (Å²) < 4.78 is 24.5. The van der Waals surface area contributed by atoms with Crippen molar-refractivity contribution in [3.8, 4) is 34.4 Å². The van der Waals surface area contributed by atoms with Crippen LogP contribution in [0.4, 0.5) is 0 Å². The van der Waals surface area contributed by atoms with Crippen LogP contribution in [0, 0.1) is 39.0 Å². The van der Waals surface area contributed by atoms with E-state index < -0.39 is 0 Å². The Bertz CT molecular complexity index is 2050. The van der Waals surface area contributed by atoms with Gasteiger partial charge in [-0.15, -0.1) is 0 Å². The highest BCUT2D eigenvalue weighted by atomic mass is 35.5. The molecule has 0 amide bonds. The van der Waals surface area contributed by atoms with E-state index >= 15 is 0 Å². The van der Waals surface area contributed by atoms with E-state index in [1.54, 1.807) is 12.3 Å². The summed E-state index contributed by atoms with van der Waals surface area (Å²) in [5, 5.41) is 14.0. The molecule has 53 heavy (non-hydrogen) atoms. The van der Waals surface area contributed by atoms with Crippen LogP contribution >= 0.6 is 11.6 Å². The van der Waals surface area contributed by atoms with Crippen LogP contribution in [-0.4, -0.2) is 53.2 Å². The molecule has 0 aliphatic carbocycles. The maximum Gasteiger partial charge on any atom is 0.142 e. The SMILES string of the molecule is Cc1noc(C)c1CN(C)Cc1cc(Cl)c(OCc2cccc(-c3cccc(OCCCN4CCCC4)c3C)c2C)cc1OCc1cncc(C#N)c1. The van der Waals surface area contributed by atoms with Crippen molar-refractivity contribution in [3.05, 3.63) is 122 Å². The minimum atomic E-state index is 0.228. The van der Waals surface area contributed by atoms with Crippen molar-refractivity contribution in [2.24, 2.45) is 0 Å². The van der Waals surface area contributed by atoms with Crippen molar-refractivity contribution in [1.29, 1.82) is 5.26 Å². The van der Waals surface area contributed by atoms with Gasteiger partial charge in [0.1, 0.15) is 42.3 Å². The quantitative estimate of drug-likeness (QED) is 0.0920. The molecule has 9 nitrogen and oxygen atoms in total. The standard InChI is InChI=1S/C43H48ClN5O4/c1-29-35(11-8-12-37(29)38-13-9-14-41(30(38)2)50-18-10-17-49-15-6-7-16-49)28-52-43-21-42(51-27-34-19-33(22-45)23-46-24-34)36(20-40(43)44)25-48(5)26-39-31(3)47-53-32(39)4/h8-9,11-14,19-21,23-24H,6-7,10,15-18,25-28H2,1-5H3. The van der Waals surface area contributed by atoms with Gasteiger partial charge in [0.15, 0.2) is 0 Å². The van der Waals surface area contributed by atoms with Crippen molar-refractivity contribution >= 4 is 11.6 Å². The number of benzene rings is 3. The second kappa shape index (κ2) is 17.8. The first-order chi connectivity index (χ1) is 25.7. The van der Waals surface area contributed by atoms with E-state index in [4.69, 9.17) is 30.3 Å². The molecule has 276 valence electrons. The number of aromatic nitrogens is 2. The summed E-state index contributed by atoms with van der Waals surface area (Å²) >= 11 is 6.91. The maximum absolute atomic E-state index is 9.37. The van der Waals surface area contributed by atoms with Gasteiger partial charge in [-0.2, -0.15) is 5.26 Å². The van der Waals surface area contributed by atoms with Crippen LogP contribution in [0.3, 0.4) is 0 Å². The normalized spacial score (nSPS) is 13.0. The Morgan fingerprint density at radius 3 is 2.36 bits per heavy atom. The Morgan fingerprint density at radius 1 is 0.849 bits per heavy atom. The lowest BCUT2D eigenvalue weighted by atomic mass is 9.93. The molecule has 1 saturated heterocycles. The summed E-state index contributed by atoms with van der Waals surface area (Å²) in [4.78, 5) is 8.87. The predicted octanol–water partition coefficient (Wildman–Crippen LogP) is 9.15. The Balaban J connectivity index is 1.18. The molecule has 0 atom stereocenters. The zero-order valence-electron chi connectivity index (χ0n) is 31.4. The molecule has 0 radical (unpaired) electrons. The van der Waals surface area contributed by atoms with E-state index in [1.807, 2.05) is 33.0 Å². The molecule has 6 rings (SSSR count). The summed E-state index contributed by atoms with van der Waals surface area (Å²) in [5.74, 6) is 2.89. The van der Waals surface area contributed by atoms with Crippen LogP contribution in [0.25, 0.3) is 11.1 Å². The summed E-state index contributed by atoms with van der Waals surface area (Å²) in [6.07, 6.45) is 6.88. The predicted molar refractivity (Wildman–Crippen MR) is 207 cm³/mol. The molecule has 0 bridgehead atoms. The fraction of sp³-hybridized carbons (Fsp3) is 0.372. The monoisotopic (exact) mass is 733 g/mol. The lowest BCUT2D eigenvalue weighted by Crippen LogP contribution is -2.22. The molecule has 0 spiro atoms. The zero-order chi connectivity index (χ0) is 37.3. The van der Waals surface area contributed by atoms with Gasteiger partial charge in [-0.1, -0.05) is 47.1 Å². The number of aryl methyl sites for hydroxylation is 2. The van der Waals surface area contributed by atoms with Crippen LogP contribution < -0.4 is 14.2 Å². The number of halogens is 1. The smallest absolute Gasteiger partial charge is 0.142 e. The van der Waals surface area contributed by atoms with E-state index in [0.29, 0.717) is 48.4 Å². The third-order valence-electron chi connectivity index (χ3n) is 9.96. The average molecular weight is 734 g/mol. The molecule has 2 aromatic heterocycles. The highest BCUT2D eigenvalue weighted by Crippen LogP contribution is 2.37. The Labute approximate surface area is 318 Å². The van der Waals surface area contributed by atoms with Gasteiger partial charge >= 0.3 is 0 Å². The lowest BCUT2D eigenvalue weighted by Gasteiger charge is -2.21. The molecule has 3 heterocycles. The molecule has 0 N–H and O–H groups in total. The third kappa shape index (κ3) is 9.57. The Morgan fingerprint density at radius 2 is 1.60 bits per heavy atom. The molecule has 3 aromatic carbocycles. The first-order valence-corrected chi connectivity index (χ1v) is 18.6. The van der Waals surface area contributed by atoms with Gasteiger partial charge in [-0.3, -0.25) is 9.88 Å². The number of rotatable bonds is 16. The molecule has 1 aliphatic heterocycles. The van der Waals surface area contributed by atoms with E-state index in [1.165, 1.54) is 32.1 Å². The Kier molecular flexibility index (Phi) is 12.7. The molecule has 1 fully saturated rings. The number of likely N-dealkylation sites (tertiary alicyclic amines) is 1. The average Bonchev–Trinajstić information content (AvgIpc) is 3.79. The summed E-state index contributed by atoms with van der Waals surface area (Å²) in [7, 11) is 2.03. The number of nitrogens with zero attached hydrogens (tertiary/aromatic N) is 5. The van der Waals surface area contributed by atoms with Gasteiger partial charge < -0.3 is 23.6 Å². The molecule has 1 aliphatic rings. The van der Waals surface area contributed by atoms with Crippen molar-refractivity contribution in [2.45, 2.75) is 73.3 Å². The molecular formula is C43H48ClN5O4. The molecule has 5 aromatic rings. The van der Waals surface area contributed by atoms with Crippen LogP contribution in [0.1, 0.15) is 69.7 Å². The van der Waals surface area contributed by atoms with Crippen molar-refractivity contribution in [2.75, 3.05) is 33.3 Å². The highest BCUT2D eigenvalue weighted by molar-refractivity contribution is 6.32. The number of ether oxygens (including phenoxy) is 3. The van der Waals surface area contributed by atoms with Gasteiger partial charge in [0.05, 0.1) is 22.9 Å². The van der Waals surface area contributed by atoms with Crippen molar-refractivity contribution < 1.29 is 18.7 Å². The first-order valence-electron chi connectivity index (χ1n) is 18.3. The van der Waals surface area contributed by atoms with E-state index in [0.717, 1.165) is 74.7 Å². The Hall–Kier alpha value is -4.88. The second-order valence-corrected chi connectivity index (χ2v) is 14.3. The maximum atomic E-state index is 9.37. The van der Waals surface area contributed by atoms with Gasteiger partial charge in [-0.05, 0) is 113 Å². The topological polar surface area (TPSA) is 96.9 Å². The van der Waals surface area contributed by atoms with Crippen molar-refractivity contribution in [3.63, 3.8) is 0 Å². The second-order valence-electron chi connectivity index (χ2n) is 13.9. The summed E-state index contributed by atoms with van der Waals surface area (Å²) in [6, 6.07) is 20.3. The van der Waals surface area contributed by atoms with Gasteiger partial charge in [0.2, 0.25) is 0 Å². The molecule has 10 heteroatoms. The summed E-state index contributed by atoms with van der Waals surface area (Å²) in [5.41, 5.74) is 9.70. The third-order valence-corrected chi connectivity index (χ3v) is 10.3. The van der Waals surface area contributed by atoms with Crippen LogP contribution in [0.5, 0.6) is 17.2 Å². The van der Waals surface area contributed by atoms with Gasteiger partial charge in [0.25, 0.3) is 0 Å². The first kappa shape index (κ1) is 37.9. The van der Waals surface area contributed by atoms with Crippen LogP contribution in [-0.2, 0) is 26.3 Å². The number of nitriles is 1. The van der Waals surface area contributed by atoms with E-state index in [2.05, 4.69) is 76.3 Å². The number of pyridine rings is 1. The molecule has 0 saturated carbocycles. The minimum Gasteiger partial charge on any atom is -0.493 e. The van der Waals surface area contributed by atoms with E-state index in [9.17, 15) is 5.26 Å². The largest absolute Gasteiger partial charge is 0.493 e. The number of hydrogen-bond acceptors (Lipinski definition) is 9. The zero-order valence-corrected chi connectivity index (χ0v) is 32.1. The van der Waals surface area contributed by atoms with Gasteiger partial charge in [-0.25, -0.2) is 0 Å². The fourth-order valence-corrected chi connectivity index (χ4v) is 7.14. The lowest BCUT2D eigenvalue weighted by molar-refractivity contribution is 0.262. The molecule has 0 unspecified atom stereocenters.